The lowest BCUT2D eigenvalue weighted by Crippen LogP contribution is -2.67. The zero-order valence-electron chi connectivity index (χ0n) is 17.8. The van der Waals surface area contributed by atoms with E-state index in [9.17, 15) is 14.7 Å². The van der Waals surface area contributed by atoms with Crippen LogP contribution in [0.3, 0.4) is 0 Å². The molecule has 2 aliphatic rings. The van der Waals surface area contributed by atoms with E-state index in [-0.39, 0.29) is 18.7 Å². The number of carbonyl (C=O) groups is 2. The predicted octanol–water partition coefficient (Wildman–Crippen LogP) is -2.85. The minimum Gasteiger partial charge on any atom is -0.388 e. The lowest BCUT2D eigenvalue weighted by molar-refractivity contribution is -0.257. The molecule has 10 N–H and O–H groups in total. The number of aliphatic hydroxyl groups excluding tert-OH is 1. The van der Waals surface area contributed by atoms with Crippen molar-refractivity contribution in [3.8, 4) is 0 Å². The number of aliphatic hydroxyl groups is 1. The number of amides is 3. The maximum absolute atomic E-state index is 12.5. The maximum atomic E-state index is 12.5. The smallest absolute Gasteiger partial charge is 0.312 e. The van der Waals surface area contributed by atoms with Crippen LogP contribution in [0.2, 0.25) is 0 Å². The van der Waals surface area contributed by atoms with Crippen molar-refractivity contribution in [1.82, 2.24) is 10.2 Å². The minimum atomic E-state index is -1.17. The number of rotatable bonds is 7. The lowest BCUT2D eigenvalue weighted by atomic mass is 9.83. The van der Waals surface area contributed by atoms with E-state index in [0.717, 1.165) is 6.42 Å². The van der Waals surface area contributed by atoms with Crippen LogP contribution in [0.25, 0.3) is 0 Å². The predicted molar refractivity (Wildman–Crippen MR) is 108 cm³/mol. The van der Waals surface area contributed by atoms with Crippen molar-refractivity contribution in [2.45, 2.75) is 81.1 Å². The summed E-state index contributed by atoms with van der Waals surface area (Å²) in [6.07, 6.45) is -1.82. The number of urea groups is 1. The third-order valence-electron chi connectivity index (χ3n) is 5.87. The van der Waals surface area contributed by atoms with Crippen LogP contribution < -0.4 is 28.3 Å². The largest absolute Gasteiger partial charge is 0.388 e. The highest BCUT2D eigenvalue weighted by atomic mass is 16.7. The molecule has 174 valence electrons. The molecule has 3 amide bonds. The monoisotopic (exact) mass is 432 g/mol. The first-order valence-electron chi connectivity index (χ1n) is 10.1. The van der Waals surface area contributed by atoms with Crippen molar-refractivity contribution < 1.29 is 28.9 Å². The fraction of sp³-hybridized carbons (Fsp3) is 0.889. The number of likely N-dealkylation sites (N-methyl/N-ethyl adjacent to an activating group) is 1. The first-order valence-corrected chi connectivity index (χ1v) is 10.1. The summed E-state index contributed by atoms with van der Waals surface area (Å²) in [4.78, 5) is 24.7. The van der Waals surface area contributed by atoms with Gasteiger partial charge in [0.25, 0.3) is 0 Å². The molecule has 0 aromatic carbocycles. The highest BCUT2D eigenvalue weighted by Gasteiger charge is 2.48. The summed E-state index contributed by atoms with van der Waals surface area (Å²) in [6.45, 7) is 1.54. The number of nitrogens with two attached hydrogens (primary N) is 4. The number of nitrogens with zero attached hydrogens (tertiary/aromatic N) is 1. The molecular formula is C18H36N6O6. The van der Waals surface area contributed by atoms with Gasteiger partial charge >= 0.3 is 6.03 Å². The molecule has 0 radical (unpaired) electrons. The molecule has 1 saturated heterocycles. The van der Waals surface area contributed by atoms with Gasteiger partial charge in [0.15, 0.2) is 6.29 Å². The third kappa shape index (κ3) is 5.78. The normalized spacial score (nSPS) is 38.0. The van der Waals surface area contributed by atoms with Gasteiger partial charge in [-0.15, -0.1) is 0 Å². The lowest BCUT2D eigenvalue weighted by Gasteiger charge is -2.48. The maximum Gasteiger partial charge on any atom is 0.312 e. The number of nitrogens with one attached hydrogen (secondary N) is 1. The van der Waals surface area contributed by atoms with E-state index in [0.29, 0.717) is 12.8 Å². The van der Waals surface area contributed by atoms with Crippen molar-refractivity contribution in [2.24, 2.45) is 22.9 Å². The minimum absolute atomic E-state index is 0.194. The second kappa shape index (κ2) is 10.7. The summed E-state index contributed by atoms with van der Waals surface area (Å²) in [5, 5.41) is 13.3. The zero-order chi connectivity index (χ0) is 22.6. The standard InChI is InChI=1S/C18H36N6O6/c1-8(19)11-5-4-9(20)17(29-11)30-16-10(21)6-12(28-3)14(15(16)26)24(2)13(25)7-23-18(22)27/h8-12,14-17,26H,4-7,19-21H2,1-3H3,(H3,22,23,27)/t8-,9+,10+,11-,12-,14+,15+,16+,17+/m0/s1. The quantitative estimate of drug-likeness (QED) is 0.245. The van der Waals surface area contributed by atoms with Crippen LogP contribution in [0, 0.1) is 0 Å². The Hall–Kier alpha value is -1.54. The molecule has 0 bridgehead atoms. The van der Waals surface area contributed by atoms with Gasteiger partial charge in [-0.2, -0.15) is 0 Å². The van der Waals surface area contributed by atoms with Crippen molar-refractivity contribution >= 4 is 11.9 Å². The molecule has 0 aromatic rings. The second-order valence-corrected chi connectivity index (χ2v) is 8.12. The van der Waals surface area contributed by atoms with E-state index in [2.05, 4.69) is 5.32 Å². The molecule has 9 atom stereocenters. The molecule has 2 rings (SSSR count). The average Bonchev–Trinajstić information content (AvgIpc) is 2.69. The summed E-state index contributed by atoms with van der Waals surface area (Å²) in [5.41, 5.74) is 23.4. The molecule has 1 aliphatic heterocycles. The van der Waals surface area contributed by atoms with Gasteiger partial charge in [0.05, 0.1) is 30.8 Å². The number of hydrogen-bond donors (Lipinski definition) is 6. The van der Waals surface area contributed by atoms with Crippen LogP contribution in [-0.2, 0) is 19.0 Å². The van der Waals surface area contributed by atoms with Gasteiger partial charge in [-0.25, -0.2) is 4.79 Å². The van der Waals surface area contributed by atoms with Crippen molar-refractivity contribution in [2.75, 3.05) is 20.7 Å². The highest BCUT2D eigenvalue weighted by Crippen LogP contribution is 2.30. The van der Waals surface area contributed by atoms with Gasteiger partial charge in [-0.1, -0.05) is 0 Å². The molecule has 12 nitrogen and oxygen atoms in total. The number of ether oxygens (including phenoxy) is 3. The summed E-state index contributed by atoms with van der Waals surface area (Å²) in [6, 6.07) is -2.73. The van der Waals surface area contributed by atoms with Gasteiger partial charge in [0.1, 0.15) is 12.2 Å². The van der Waals surface area contributed by atoms with Gasteiger partial charge in [0, 0.05) is 26.2 Å². The van der Waals surface area contributed by atoms with Crippen molar-refractivity contribution in [3.05, 3.63) is 0 Å². The number of carbonyl (C=O) groups excluding carboxylic acids is 2. The Morgan fingerprint density at radius 2 is 1.97 bits per heavy atom. The van der Waals surface area contributed by atoms with Crippen LogP contribution in [-0.4, -0.2) is 97.5 Å². The first-order chi connectivity index (χ1) is 14.1. The second-order valence-electron chi connectivity index (χ2n) is 8.12. The topological polar surface area (TPSA) is 201 Å². The average molecular weight is 433 g/mol. The molecule has 1 heterocycles. The van der Waals surface area contributed by atoms with Crippen molar-refractivity contribution in [1.29, 1.82) is 0 Å². The molecule has 0 spiro atoms. The molecule has 2 fully saturated rings. The van der Waals surface area contributed by atoms with E-state index < -0.39 is 54.7 Å². The van der Waals surface area contributed by atoms with E-state index in [1.807, 2.05) is 6.92 Å². The summed E-state index contributed by atoms with van der Waals surface area (Å²) in [7, 11) is 2.99. The van der Waals surface area contributed by atoms with Crippen LogP contribution in [0.1, 0.15) is 26.2 Å². The Morgan fingerprint density at radius 1 is 1.30 bits per heavy atom. The molecule has 30 heavy (non-hydrogen) atoms. The highest BCUT2D eigenvalue weighted by molar-refractivity contribution is 5.83. The van der Waals surface area contributed by atoms with Gasteiger partial charge in [-0.05, 0) is 26.2 Å². The first kappa shape index (κ1) is 24.7. The zero-order valence-corrected chi connectivity index (χ0v) is 17.8. The fourth-order valence-electron chi connectivity index (χ4n) is 4.07. The number of hydrogen-bond acceptors (Lipinski definition) is 9. The van der Waals surface area contributed by atoms with Crippen LogP contribution in [0.5, 0.6) is 0 Å². The van der Waals surface area contributed by atoms with E-state index >= 15 is 0 Å². The van der Waals surface area contributed by atoms with Gasteiger partial charge < -0.3 is 52.5 Å². The number of methoxy groups -OCH3 is 1. The SMILES string of the molecule is CO[C@H]1C[C@@H](N)[C@@H](O[C@H]2O[C@H]([C@H](C)N)CC[C@H]2N)[C@H](O)[C@@H]1N(C)C(=O)CNC(N)=O. The molecule has 12 heteroatoms. The third-order valence-corrected chi connectivity index (χ3v) is 5.87. The van der Waals surface area contributed by atoms with E-state index in [1.165, 1.54) is 19.1 Å². The Morgan fingerprint density at radius 3 is 2.53 bits per heavy atom. The summed E-state index contributed by atoms with van der Waals surface area (Å²) < 4.78 is 17.4. The fourth-order valence-corrected chi connectivity index (χ4v) is 4.07. The Bertz CT molecular complexity index is 596. The van der Waals surface area contributed by atoms with Gasteiger partial charge in [0.2, 0.25) is 5.91 Å². The molecule has 1 saturated carbocycles. The summed E-state index contributed by atoms with van der Waals surface area (Å²) >= 11 is 0. The Kier molecular flexibility index (Phi) is 8.79. The number of primary amides is 1. The van der Waals surface area contributed by atoms with Crippen LogP contribution in [0.15, 0.2) is 0 Å². The molecule has 0 unspecified atom stereocenters. The van der Waals surface area contributed by atoms with Crippen molar-refractivity contribution in [3.63, 3.8) is 0 Å². The van der Waals surface area contributed by atoms with E-state index in [1.54, 1.807) is 0 Å². The van der Waals surface area contributed by atoms with E-state index in [4.69, 9.17) is 37.1 Å². The molecule has 1 aliphatic carbocycles. The Balaban J connectivity index is 2.14. The van der Waals surface area contributed by atoms with Crippen LogP contribution >= 0.6 is 0 Å². The Labute approximate surface area is 176 Å². The summed E-state index contributed by atoms with van der Waals surface area (Å²) in [5.74, 6) is -0.447. The van der Waals surface area contributed by atoms with Crippen LogP contribution in [0.4, 0.5) is 4.79 Å². The molecular weight excluding hydrogens is 396 g/mol. The molecule has 0 aromatic heterocycles. The van der Waals surface area contributed by atoms with Gasteiger partial charge in [-0.3, -0.25) is 4.79 Å².